The van der Waals surface area contributed by atoms with E-state index in [1.54, 1.807) is 11.3 Å². The van der Waals surface area contributed by atoms with Crippen LogP contribution in [0.4, 0.5) is 0 Å². The molecule has 1 aromatic heterocycles. The van der Waals surface area contributed by atoms with Crippen molar-refractivity contribution in [2.24, 2.45) is 0 Å². The second-order valence-electron chi connectivity index (χ2n) is 6.32. The largest absolute Gasteiger partial charge is 0.396 e. The van der Waals surface area contributed by atoms with Crippen molar-refractivity contribution in [2.45, 2.75) is 45.4 Å². The molecular formula is C17H23NOS. The van der Waals surface area contributed by atoms with Crippen LogP contribution in [0.1, 0.15) is 48.5 Å². The van der Waals surface area contributed by atoms with Gasteiger partial charge < -0.3 is 5.11 Å². The van der Waals surface area contributed by atoms with Crippen LogP contribution in [0, 0.1) is 6.92 Å². The van der Waals surface area contributed by atoms with Gasteiger partial charge in [-0.05, 0) is 18.1 Å². The molecule has 0 aliphatic rings. The van der Waals surface area contributed by atoms with Gasteiger partial charge in [-0.15, -0.1) is 11.3 Å². The van der Waals surface area contributed by atoms with E-state index >= 15 is 0 Å². The van der Waals surface area contributed by atoms with E-state index in [1.165, 1.54) is 11.1 Å². The van der Waals surface area contributed by atoms with Gasteiger partial charge in [0, 0.05) is 23.1 Å². The molecule has 0 spiro atoms. The van der Waals surface area contributed by atoms with Crippen LogP contribution in [0.15, 0.2) is 29.6 Å². The van der Waals surface area contributed by atoms with Gasteiger partial charge in [0.1, 0.15) is 0 Å². The molecule has 1 N–H and O–H groups in total. The number of nitrogens with zero attached hydrogens (tertiary/aromatic N) is 1. The number of aliphatic hydroxyl groups excluding tert-OH is 1. The van der Waals surface area contributed by atoms with E-state index in [0.29, 0.717) is 0 Å². The molecule has 1 atom stereocenters. The zero-order chi connectivity index (χ0) is 14.8. The Balaban J connectivity index is 2.19. The van der Waals surface area contributed by atoms with Crippen molar-refractivity contribution >= 4 is 11.3 Å². The van der Waals surface area contributed by atoms with E-state index < -0.39 is 0 Å². The summed E-state index contributed by atoms with van der Waals surface area (Å²) in [6.07, 6.45) is 0.808. The Morgan fingerprint density at radius 3 is 2.50 bits per heavy atom. The van der Waals surface area contributed by atoms with Gasteiger partial charge >= 0.3 is 0 Å². The molecule has 20 heavy (non-hydrogen) atoms. The standard InChI is InChI=1S/C17H23NOS/c1-12-7-5-6-8-14(12)13(10-19)9-16-18-15(11-20-16)17(2,3)4/h5-8,11,13,19H,9-10H2,1-4H3. The Kier molecular flexibility index (Phi) is 4.61. The zero-order valence-electron chi connectivity index (χ0n) is 12.7. The molecule has 0 fully saturated rings. The first kappa shape index (κ1) is 15.2. The highest BCUT2D eigenvalue weighted by Gasteiger charge is 2.20. The third-order valence-corrected chi connectivity index (χ3v) is 4.46. The molecule has 2 rings (SSSR count). The fraction of sp³-hybridized carbons (Fsp3) is 0.471. The quantitative estimate of drug-likeness (QED) is 0.920. The van der Waals surface area contributed by atoms with E-state index in [-0.39, 0.29) is 17.9 Å². The number of hydrogen-bond acceptors (Lipinski definition) is 3. The molecule has 2 aromatic rings. The van der Waals surface area contributed by atoms with Crippen LogP contribution in [-0.4, -0.2) is 16.7 Å². The lowest BCUT2D eigenvalue weighted by atomic mass is 9.92. The number of thiazole rings is 1. The molecule has 1 aromatic carbocycles. The van der Waals surface area contributed by atoms with Crippen LogP contribution in [0.5, 0.6) is 0 Å². The van der Waals surface area contributed by atoms with Crippen LogP contribution < -0.4 is 0 Å². The summed E-state index contributed by atoms with van der Waals surface area (Å²) >= 11 is 1.70. The maximum absolute atomic E-state index is 9.71. The van der Waals surface area contributed by atoms with E-state index in [0.717, 1.165) is 17.1 Å². The summed E-state index contributed by atoms with van der Waals surface area (Å²) in [4.78, 5) is 4.73. The topological polar surface area (TPSA) is 33.1 Å². The molecule has 0 amide bonds. The fourth-order valence-electron chi connectivity index (χ4n) is 2.28. The lowest BCUT2D eigenvalue weighted by Gasteiger charge is -2.16. The van der Waals surface area contributed by atoms with Crippen LogP contribution >= 0.6 is 11.3 Å². The summed E-state index contributed by atoms with van der Waals surface area (Å²) in [6, 6.07) is 8.27. The molecule has 0 saturated heterocycles. The van der Waals surface area contributed by atoms with Crippen LogP contribution in [-0.2, 0) is 11.8 Å². The predicted molar refractivity (Wildman–Crippen MR) is 85.5 cm³/mol. The molecule has 0 aliphatic carbocycles. The lowest BCUT2D eigenvalue weighted by Crippen LogP contribution is -2.13. The normalized spacial score (nSPS) is 13.4. The third-order valence-electron chi connectivity index (χ3n) is 3.59. The minimum absolute atomic E-state index is 0.0894. The smallest absolute Gasteiger partial charge is 0.0935 e. The van der Waals surface area contributed by atoms with Crippen LogP contribution in [0.25, 0.3) is 0 Å². The number of aromatic nitrogens is 1. The highest BCUT2D eigenvalue weighted by Crippen LogP contribution is 2.28. The minimum Gasteiger partial charge on any atom is -0.396 e. The van der Waals surface area contributed by atoms with Gasteiger partial charge in [0.15, 0.2) is 0 Å². The zero-order valence-corrected chi connectivity index (χ0v) is 13.5. The van der Waals surface area contributed by atoms with Crippen LogP contribution in [0.3, 0.4) is 0 Å². The summed E-state index contributed by atoms with van der Waals surface area (Å²) in [7, 11) is 0. The Morgan fingerprint density at radius 2 is 1.95 bits per heavy atom. The molecule has 0 radical (unpaired) electrons. The number of rotatable bonds is 4. The summed E-state index contributed by atoms with van der Waals surface area (Å²) in [6.45, 7) is 8.79. The van der Waals surface area contributed by atoms with E-state index in [1.807, 2.05) is 12.1 Å². The van der Waals surface area contributed by atoms with Crippen molar-refractivity contribution in [1.29, 1.82) is 0 Å². The Labute approximate surface area is 125 Å². The van der Waals surface area contributed by atoms with Crippen molar-refractivity contribution in [3.8, 4) is 0 Å². The summed E-state index contributed by atoms with van der Waals surface area (Å²) in [5, 5.41) is 13.0. The molecule has 1 heterocycles. The molecule has 0 aliphatic heterocycles. The Hall–Kier alpha value is -1.19. The minimum atomic E-state index is 0.0894. The van der Waals surface area contributed by atoms with Gasteiger partial charge in [-0.1, -0.05) is 45.0 Å². The van der Waals surface area contributed by atoms with Crippen molar-refractivity contribution in [1.82, 2.24) is 4.98 Å². The van der Waals surface area contributed by atoms with Crippen molar-refractivity contribution < 1.29 is 5.11 Å². The van der Waals surface area contributed by atoms with Crippen molar-refractivity contribution in [3.05, 3.63) is 51.5 Å². The first-order valence-corrected chi connectivity index (χ1v) is 7.91. The van der Waals surface area contributed by atoms with Gasteiger partial charge in [-0.2, -0.15) is 0 Å². The van der Waals surface area contributed by atoms with E-state index in [2.05, 4.69) is 45.2 Å². The highest BCUT2D eigenvalue weighted by molar-refractivity contribution is 7.09. The monoisotopic (exact) mass is 289 g/mol. The average molecular weight is 289 g/mol. The maximum atomic E-state index is 9.71. The van der Waals surface area contributed by atoms with E-state index in [4.69, 9.17) is 4.98 Å². The maximum Gasteiger partial charge on any atom is 0.0935 e. The number of hydrogen-bond donors (Lipinski definition) is 1. The predicted octanol–water partition coefficient (Wildman–Crippen LogP) is 4.07. The average Bonchev–Trinajstić information content (AvgIpc) is 2.85. The fourth-order valence-corrected chi connectivity index (χ4v) is 3.38. The van der Waals surface area contributed by atoms with Gasteiger partial charge in [0.05, 0.1) is 17.3 Å². The molecule has 1 unspecified atom stereocenters. The molecule has 2 nitrogen and oxygen atoms in total. The molecular weight excluding hydrogens is 266 g/mol. The Bertz CT molecular complexity index is 568. The molecule has 0 saturated carbocycles. The van der Waals surface area contributed by atoms with Crippen molar-refractivity contribution in [3.63, 3.8) is 0 Å². The summed E-state index contributed by atoms with van der Waals surface area (Å²) in [5.74, 6) is 0.134. The second kappa shape index (κ2) is 6.06. The van der Waals surface area contributed by atoms with Gasteiger partial charge in [0.2, 0.25) is 0 Å². The SMILES string of the molecule is Cc1ccccc1C(CO)Cc1nc(C(C)(C)C)cs1. The summed E-state index contributed by atoms with van der Waals surface area (Å²) < 4.78 is 0. The van der Waals surface area contributed by atoms with Gasteiger partial charge in [-0.25, -0.2) is 4.98 Å². The number of aliphatic hydroxyl groups is 1. The molecule has 0 bridgehead atoms. The third kappa shape index (κ3) is 3.47. The van der Waals surface area contributed by atoms with Gasteiger partial charge in [-0.3, -0.25) is 0 Å². The first-order chi connectivity index (χ1) is 9.41. The van der Waals surface area contributed by atoms with Crippen LogP contribution in [0.2, 0.25) is 0 Å². The number of benzene rings is 1. The Morgan fingerprint density at radius 1 is 1.25 bits per heavy atom. The highest BCUT2D eigenvalue weighted by atomic mass is 32.1. The lowest BCUT2D eigenvalue weighted by molar-refractivity contribution is 0.264. The molecule has 3 heteroatoms. The number of aryl methyl sites for hydroxylation is 1. The first-order valence-electron chi connectivity index (χ1n) is 7.03. The molecule has 108 valence electrons. The van der Waals surface area contributed by atoms with E-state index in [9.17, 15) is 5.11 Å². The summed E-state index contributed by atoms with van der Waals surface area (Å²) in [5.41, 5.74) is 3.69. The second-order valence-corrected chi connectivity index (χ2v) is 7.26. The van der Waals surface area contributed by atoms with Crippen molar-refractivity contribution in [2.75, 3.05) is 6.61 Å². The van der Waals surface area contributed by atoms with Gasteiger partial charge in [0.25, 0.3) is 0 Å².